The number of aryl methyl sites for hydroxylation is 1. The largest absolute Gasteiger partial charge is 0.357 e. The van der Waals surface area contributed by atoms with Gasteiger partial charge in [-0.1, -0.05) is 32.6 Å². The van der Waals surface area contributed by atoms with Crippen molar-refractivity contribution in [3.63, 3.8) is 0 Å². The number of fused-ring (bicyclic) bond motifs is 1. The molecule has 6 heteroatoms. The van der Waals surface area contributed by atoms with Crippen LogP contribution in [0.25, 0.3) is 0 Å². The normalized spacial score (nSPS) is 15.0. The van der Waals surface area contributed by atoms with E-state index in [1.54, 1.807) is 0 Å². The summed E-state index contributed by atoms with van der Waals surface area (Å²) in [5, 5.41) is 15.5. The fraction of sp³-hybridized carbons (Fsp3) is 0.833. The predicted octanol–water partition coefficient (Wildman–Crippen LogP) is 2.68. The molecule has 24 heavy (non-hydrogen) atoms. The Hall–Kier alpha value is -1.59. The second-order valence-electron chi connectivity index (χ2n) is 6.49. The molecule has 1 aromatic heterocycles. The van der Waals surface area contributed by atoms with Gasteiger partial charge < -0.3 is 15.2 Å². The lowest BCUT2D eigenvalue weighted by atomic mass is 10.2. The van der Waals surface area contributed by atoms with Crippen LogP contribution in [-0.2, 0) is 19.4 Å². The molecule has 0 unspecified atom stereocenters. The van der Waals surface area contributed by atoms with E-state index in [0.717, 1.165) is 50.8 Å². The van der Waals surface area contributed by atoms with E-state index >= 15 is 0 Å². The molecule has 1 aliphatic rings. The molecule has 0 saturated heterocycles. The van der Waals surface area contributed by atoms with Gasteiger partial charge in [0.2, 0.25) is 0 Å². The van der Waals surface area contributed by atoms with Crippen LogP contribution in [-0.4, -0.2) is 40.4 Å². The number of unbranched alkanes of at least 4 members (excludes halogenated alkanes) is 3. The summed E-state index contributed by atoms with van der Waals surface area (Å²) < 4.78 is 2.32. The monoisotopic (exact) mass is 334 g/mol. The van der Waals surface area contributed by atoms with Crippen molar-refractivity contribution in [1.29, 1.82) is 0 Å². The van der Waals surface area contributed by atoms with E-state index in [2.05, 4.69) is 44.2 Å². The zero-order valence-corrected chi connectivity index (χ0v) is 15.5. The Morgan fingerprint density at radius 2 is 2.00 bits per heavy atom. The van der Waals surface area contributed by atoms with Gasteiger partial charge in [0.15, 0.2) is 5.96 Å². The highest BCUT2D eigenvalue weighted by atomic mass is 15.3. The number of aliphatic imine (C=N–C) groups is 1. The molecule has 0 radical (unpaired) electrons. The molecule has 2 heterocycles. The van der Waals surface area contributed by atoms with Gasteiger partial charge in [-0.15, -0.1) is 10.2 Å². The van der Waals surface area contributed by atoms with Crippen LogP contribution in [0.2, 0.25) is 0 Å². The second-order valence-corrected chi connectivity index (χ2v) is 6.49. The van der Waals surface area contributed by atoms with Gasteiger partial charge in [0, 0.05) is 39.0 Å². The van der Waals surface area contributed by atoms with Crippen LogP contribution in [0.3, 0.4) is 0 Å². The number of guanidine groups is 1. The van der Waals surface area contributed by atoms with Gasteiger partial charge in [-0.3, -0.25) is 4.99 Å². The Morgan fingerprint density at radius 3 is 2.83 bits per heavy atom. The Balaban J connectivity index is 1.78. The highest BCUT2D eigenvalue weighted by Crippen LogP contribution is 2.14. The minimum atomic E-state index is 0.846. The molecule has 0 saturated carbocycles. The summed E-state index contributed by atoms with van der Waals surface area (Å²) in [4.78, 5) is 4.66. The minimum Gasteiger partial charge on any atom is -0.357 e. The van der Waals surface area contributed by atoms with E-state index in [0.29, 0.717) is 0 Å². The molecule has 136 valence electrons. The molecule has 0 amide bonds. The molecule has 2 rings (SSSR count). The average Bonchev–Trinajstić information content (AvgIpc) is 2.81. The summed E-state index contributed by atoms with van der Waals surface area (Å²) >= 11 is 0. The molecular formula is C18H34N6. The molecule has 0 aromatic carbocycles. The minimum absolute atomic E-state index is 0.846. The Kier molecular flexibility index (Phi) is 8.63. The van der Waals surface area contributed by atoms with Crippen molar-refractivity contribution in [3.8, 4) is 0 Å². The predicted molar refractivity (Wildman–Crippen MR) is 99.4 cm³/mol. The van der Waals surface area contributed by atoms with Crippen LogP contribution in [0.5, 0.6) is 0 Å². The summed E-state index contributed by atoms with van der Waals surface area (Å²) in [6.45, 7) is 8.05. The number of aromatic nitrogens is 3. The Bertz CT molecular complexity index is 494. The molecule has 1 aliphatic heterocycles. The van der Waals surface area contributed by atoms with Crippen LogP contribution >= 0.6 is 0 Å². The SMILES string of the molecule is CCCCCCN=C(NCC)NCCc1nnc2n1CCCCC2. The first kappa shape index (κ1) is 18.7. The van der Waals surface area contributed by atoms with Crippen molar-refractivity contribution >= 4 is 5.96 Å². The number of hydrogen-bond acceptors (Lipinski definition) is 3. The summed E-state index contributed by atoms with van der Waals surface area (Å²) in [6.07, 6.45) is 10.8. The third kappa shape index (κ3) is 6.13. The van der Waals surface area contributed by atoms with Gasteiger partial charge in [-0.25, -0.2) is 0 Å². The maximum absolute atomic E-state index is 4.66. The summed E-state index contributed by atoms with van der Waals surface area (Å²) in [6, 6.07) is 0. The number of nitrogens with one attached hydrogen (secondary N) is 2. The lowest BCUT2D eigenvalue weighted by Crippen LogP contribution is -2.38. The first-order chi connectivity index (χ1) is 11.8. The van der Waals surface area contributed by atoms with Crippen LogP contribution in [0, 0.1) is 0 Å². The molecule has 6 nitrogen and oxygen atoms in total. The number of nitrogens with zero attached hydrogens (tertiary/aromatic N) is 4. The standard InChI is InChI=1S/C18H34N6/c1-3-5-6-9-13-20-18(19-4-2)21-14-12-17-23-22-16-11-8-7-10-15-24(16)17/h3-15H2,1-2H3,(H2,19,20,21). The van der Waals surface area contributed by atoms with E-state index in [1.807, 2.05) is 0 Å². The summed E-state index contributed by atoms with van der Waals surface area (Å²) in [7, 11) is 0. The summed E-state index contributed by atoms with van der Waals surface area (Å²) in [5.41, 5.74) is 0. The van der Waals surface area contributed by atoms with Gasteiger partial charge >= 0.3 is 0 Å². The number of hydrogen-bond donors (Lipinski definition) is 2. The maximum Gasteiger partial charge on any atom is 0.191 e. The zero-order chi connectivity index (χ0) is 17.0. The van der Waals surface area contributed by atoms with Gasteiger partial charge in [-0.2, -0.15) is 0 Å². The van der Waals surface area contributed by atoms with Crippen molar-refractivity contribution in [3.05, 3.63) is 11.6 Å². The van der Waals surface area contributed by atoms with E-state index in [-0.39, 0.29) is 0 Å². The van der Waals surface area contributed by atoms with Crippen molar-refractivity contribution in [2.24, 2.45) is 4.99 Å². The van der Waals surface area contributed by atoms with Gasteiger partial charge in [-0.05, 0) is 26.2 Å². The summed E-state index contributed by atoms with van der Waals surface area (Å²) in [5.74, 6) is 3.20. The average molecular weight is 335 g/mol. The van der Waals surface area contributed by atoms with Gasteiger partial charge in [0.05, 0.1) is 0 Å². The molecular weight excluding hydrogens is 300 g/mol. The molecule has 0 bridgehead atoms. The highest BCUT2D eigenvalue weighted by Gasteiger charge is 2.14. The van der Waals surface area contributed by atoms with E-state index < -0.39 is 0 Å². The lowest BCUT2D eigenvalue weighted by Gasteiger charge is -2.12. The van der Waals surface area contributed by atoms with E-state index in [9.17, 15) is 0 Å². The van der Waals surface area contributed by atoms with E-state index in [4.69, 9.17) is 0 Å². The molecule has 0 aliphatic carbocycles. The van der Waals surface area contributed by atoms with Crippen LogP contribution in [0.1, 0.15) is 70.4 Å². The zero-order valence-electron chi connectivity index (χ0n) is 15.5. The molecule has 0 atom stereocenters. The first-order valence-corrected chi connectivity index (χ1v) is 9.78. The fourth-order valence-corrected chi connectivity index (χ4v) is 3.09. The molecule has 0 spiro atoms. The second kappa shape index (κ2) is 11.0. The van der Waals surface area contributed by atoms with Crippen LogP contribution in [0.15, 0.2) is 4.99 Å². The quantitative estimate of drug-likeness (QED) is 0.414. The highest BCUT2D eigenvalue weighted by molar-refractivity contribution is 5.79. The Morgan fingerprint density at radius 1 is 1.08 bits per heavy atom. The third-order valence-electron chi connectivity index (χ3n) is 4.45. The molecule has 1 aromatic rings. The van der Waals surface area contributed by atoms with Crippen molar-refractivity contribution in [1.82, 2.24) is 25.4 Å². The van der Waals surface area contributed by atoms with Gasteiger partial charge in [0.25, 0.3) is 0 Å². The van der Waals surface area contributed by atoms with Crippen molar-refractivity contribution in [2.75, 3.05) is 19.6 Å². The van der Waals surface area contributed by atoms with E-state index in [1.165, 1.54) is 50.8 Å². The molecule has 2 N–H and O–H groups in total. The molecule has 0 fully saturated rings. The van der Waals surface area contributed by atoms with Crippen molar-refractivity contribution in [2.45, 2.75) is 78.2 Å². The first-order valence-electron chi connectivity index (χ1n) is 9.78. The number of rotatable bonds is 9. The van der Waals surface area contributed by atoms with Crippen LogP contribution in [0.4, 0.5) is 0 Å². The topological polar surface area (TPSA) is 67.1 Å². The van der Waals surface area contributed by atoms with Crippen molar-refractivity contribution < 1.29 is 0 Å². The Labute approximate surface area is 146 Å². The lowest BCUT2D eigenvalue weighted by molar-refractivity contribution is 0.600. The smallest absolute Gasteiger partial charge is 0.191 e. The maximum atomic E-state index is 4.66. The fourth-order valence-electron chi connectivity index (χ4n) is 3.09. The third-order valence-corrected chi connectivity index (χ3v) is 4.45. The van der Waals surface area contributed by atoms with Gasteiger partial charge in [0.1, 0.15) is 11.6 Å². The van der Waals surface area contributed by atoms with Crippen LogP contribution < -0.4 is 10.6 Å².